The quantitative estimate of drug-likeness (QED) is 0.770. The Morgan fingerprint density at radius 2 is 1.96 bits per heavy atom. The van der Waals surface area contributed by atoms with Gasteiger partial charge in [-0.15, -0.1) is 0 Å². The zero-order valence-corrected chi connectivity index (χ0v) is 13.7. The van der Waals surface area contributed by atoms with E-state index in [9.17, 15) is 9.59 Å². The van der Waals surface area contributed by atoms with Gasteiger partial charge in [-0.25, -0.2) is 9.78 Å². The monoisotopic (exact) mass is 320 g/mol. The van der Waals surface area contributed by atoms with Gasteiger partial charge < -0.3 is 15.0 Å². The Balaban J connectivity index is 1.85. The molecule has 1 amide bonds. The average Bonchev–Trinajstić information content (AvgIpc) is 2.56. The molecule has 7 nitrogen and oxygen atoms in total. The standard InChI is InChI=1S/C16H24N4O3/c1-3-17-15(21)12-19-7-9-20(10-8-19)14-6-5-13(11-18-14)16(22)23-4-2/h5-6,11H,3-4,7-10,12H2,1-2H3,(H,17,21). The van der Waals surface area contributed by atoms with Crippen LogP contribution in [0.4, 0.5) is 5.82 Å². The number of carbonyl (C=O) groups excluding carboxylic acids is 2. The van der Waals surface area contributed by atoms with E-state index in [2.05, 4.69) is 20.1 Å². The summed E-state index contributed by atoms with van der Waals surface area (Å²) in [5.74, 6) is 0.562. The van der Waals surface area contributed by atoms with Crippen molar-refractivity contribution in [3.8, 4) is 0 Å². The van der Waals surface area contributed by atoms with Gasteiger partial charge in [-0.3, -0.25) is 9.69 Å². The van der Waals surface area contributed by atoms with Crippen LogP contribution in [0.2, 0.25) is 0 Å². The largest absolute Gasteiger partial charge is 0.462 e. The van der Waals surface area contributed by atoms with Gasteiger partial charge in [-0.1, -0.05) is 0 Å². The van der Waals surface area contributed by atoms with Crippen molar-refractivity contribution >= 4 is 17.7 Å². The second-order valence-corrected chi connectivity index (χ2v) is 5.34. The van der Waals surface area contributed by atoms with Crippen molar-refractivity contribution in [2.24, 2.45) is 0 Å². The van der Waals surface area contributed by atoms with Crippen molar-refractivity contribution < 1.29 is 14.3 Å². The third-order valence-corrected chi connectivity index (χ3v) is 3.70. The summed E-state index contributed by atoms with van der Waals surface area (Å²) in [6.07, 6.45) is 1.55. The number of nitrogens with one attached hydrogen (secondary N) is 1. The number of rotatable bonds is 6. The summed E-state index contributed by atoms with van der Waals surface area (Å²) in [5, 5.41) is 2.81. The first-order valence-corrected chi connectivity index (χ1v) is 8.01. The number of hydrogen-bond donors (Lipinski definition) is 1. The molecule has 126 valence electrons. The summed E-state index contributed by atoms with van der Waals surface area (Å²) in [4.78, 5) is 31.8. The fourth-order valence-electron chi connectivity index (χ4n) is 2.50. The highest BCUT2D eigenvalue weighted by Crippen LogP contribution is 2.14. The van der Waals surface area contributed by atoms with Crippen LogP contribution in [0.5, 0.6) is 0 Å². The summed E-state index contributed by atoms with van der Waals surface area (Å²) in [5.41, 5.74) is 0.463. The van der Waals surface area contributed by atoms with E-state index in [-0.39, 0.29) is 11.9 Å². The van der Waals surface area contributed by atoms with Gasteiger partial charge in [0, 0.05) is 38.9 Å². The van der Waals surface area contributed by atoms with Gasteiger partial charge in [0.15, 0.2) is 0 Å². The molecule has 1 aromatic rings. The van der Waals surface area contributed by atoms with Gasteiger partial charge in [0.25, 0.3) is 0 Å². The number of likely N-dealkylation sites (N-methyl/N-ethyl adjacent to an activating group) is 1. The lowest BCUT2D eigenvalue weighted by atomic mass is 10.2. The molecule has 2 heterocycles. The molecule has 1 N–H and O–H groups in total. The Labute approximate surface area is 136 Å². The zero-order valence-electron chi connectivity index (χ0n) is 13.7. The lowest BCUT2D eigenvalue weighted by Gasteiger charge is -2.35. The molecule has 0 aliphatic carbocycles. The molecule has 1 aliphatic rings. The predicted molar refractivity (Wildman–Crippen MR) is 87.5 cm³/mol. The molecule has 2 rings (SSSR count). The first-order valence-electron chi connectivity index (χ1n) is 8.01. The van der Waals surface area contributed by atoms with E-state index in [1.807, 2.05) is 13.0 Å². The van der Waals surface area contributed by atoms with Crippen molar-refractivity contribution in [3.05, 3.63) is 23.9 Å². The molecule has 1 aliphatic heterocycles. The van der Waals surface area contributed by atoms with Crippen LogP contribution in [-0.4, -0.2) is 67.6 Å². The Morgan fingerprint density at radius 1 is 1.22 bits per heavy atom. The highest BCUT2D eigenvalue weighted by Gasteiger charge is 2.20. The van der Waals surface area contributed by atoms with E-state index in [0.29, 0.717) is 25.3 Å². The highest BCUT2D eigenvalue weighted by molar-refractivity contribution is 5.89. The number of amides is 1. The predicted octanol–water partition coefficient (Wildman–Crippen LogP) is 0.516. The fourth-order valence-corrected chi connectivity index (χ4v) is 2.50. The second kappa shape index (κ2) is 8.47. The van der Waals surface area contributed by atoms with Crippen LogP contribution in [0.3, 0.4) is 0 Å². The molecule has 0 atom stereocenters. The minimum Gasteiger partial charge on any atom is -0.462 e. The lowest BCUT2D eigenvalue weighted by Crippen LogP contribution is -2.49. The second-order valence-electron chi connectivity index (χ2n) is 5.34. The molecule has 1 aromatic heterocycles. The van der Waals surface area contributed by atoms with Crippen molar-refractivity contribution in [2.75, 3.05) is 50.8 Å². The molecule has 7 heteroatoms. The maximum absolute atomic E-state index is 11.6. The molecule has 0 bridgehead atoms. The highest BCUT2D eigenvalue weighted by atomic mass is 16.5. The Bertz CT molecular complexity index is 525. The lowest BCUT2D eigenvalue weighted by molar-refractivity contribution is -0.122. The number of piperazine rings is 1. The maximum Gasteiger partial charge on any atom is 0.339 e. The van der Waals surface area contributed by atoms with Gasteiger partial charge in [0.1, 0.15) is 5.82 Å². The van der Waals surface area contributed by atoms with Crippen LogP contribution in [0.15, 0.2) is 18.3 Å². The molecular weight excluding hydrogens is 296 g/mol. The number of nitrogens with zero attached hydrogens (tertiary/aromatic N) is 3. The van der Waals surface area contributed by atoms with Crippen LogP contribution in [0.1, 0.15) is 24.2 Å². The molecular formula is C16H24N4O3. The number of anilines is 1. The normalized spacial score (nSPS) is 15.3. The first-order chi connectivity index (χ1) is 11.1. The Kier molecular flexibility index (Phi) is 6.34. The van der Waals surface area contributed by atoms with E-state index < -0.39 is 0 Å². The van der Waals surface area contributed by atoms with E-state index in [4.69, 9.17) is 4.74 Å². The molecule has 0 aromatic carbocycles. The molecule has 23 heavy (non-hydrogen) atoms. The Hall–Kier alpha value is -2.15. The van der Waals surface area contributed by atoms with Crippen LogP contribution in [0, 0.1) is 0 Å². The van der Waals surface area contributed by atoms with Gasteiger partial charge in [0.2, 0.25) is 5.91 Å². The van der Waals surface area contributed by atoms with Crippen molar-refractivity contribution in [3.63, 3.8) is 0 Å². The van der Waals surface area contributed by atoms with E-state index in [0.717, 1.165) is 32.0 Å². The molecule has 1 saturated heterocycles. The van der Waals surface area contributed by atoms with Gasteiger partial charge in [0.05, 0.1) is 18.7 Å². The number of pyridine rings is 1. The van der Waals surface area contributed by atoms with Crippen LogP contribution >= 0.6 is 0 Å². The SMILES string of the molecule is CCNC(=O)CN1CCN(c2ccc(C(=O)OCC)cn2)CC1. The molecule has 0 radical (unpaired) electrons. The minimum absolute atomic E-state index is 0.0675. The van der Waals surface area contributed by atoms with Gasteiger partial charge in [-0.2, -0.15) is 0 Å². The van der Waals surface area contributed by atoms with E-state index in [1.165, 1.54) is 0 Å². The van der Waals surface area contributed by atoms with E-state index in [1.54, 1.807) is 19.2 Å². The minimum atomic E-state index is -0.349. The number of esters is 1. The third-order valence-electron chi connectivity index (χ3n) is 3.70. The summed E-state index contributed by atoms with van der Waals surface area (Å²) >= 11 is 0. The number of hydrogen-bond acceptors (Lipinski definition) is 6. The summed E-state index contributed by atoms with van der Waals surface area (Å²) in [6, 6.07) is 3.58. The van der Waals surface area contributed by atoms with Crippen molar-refractivity contribution in [1.29, 1.82) is 0 Å². The van der Waals surface area contributed by atoms with E-state index >= 15 is 0 Å². The van der Waals surface area contributed by atoms with Crippen molar-refractivity contribution in [2.45, 2.75) is 13.8 Å². The fraction of sp³-hybridized carbons (Fsp3) is 0.562. The van der Waals surface area contributed by atoms with Crippen LogP contribution in [-0.2, 0) is 9.53 Å². The summed E-state index contributed by atoms with van der Waals surface area (Å²) < 4.78 is 4.95. The van der Waals surface area contributed by atoms with Crippen LogP contribution in [0.25, 0.3) is 0 Å². The van der Waals surface area contributed by atoms with Crippen molar-refractivity contribution in [1.82, 2.24) is 15.2 Å². The molecule has 1 fully saturated rings. The molecule has 0 spiro atoms. The van der Waals surface area contributed by atoms with Gasteiger partial charge in [-0.05, 0) is 26.0 Å². The first kappa shape index (κ1) is 17.2. The topological polar surface area (TPSA) is 74.8 Å². The summed E-state index contributed by atoms with van der Waals surface area (Å²) in [7, 11) is 0. The average molecular weight is 320 g/mol. The number of carbonyl (C=O) groups is 2. The maximum atomic E-state index is 11.6. The Morgan fingerprint density at radius 3 is 2.52 bits per heavy atom. The smallest absolute Gasteiger partial charge is 0.339 e. The molecule has 0 saturated carbocycles. The molecule has 0 unspecified atom stereocenters. The third kappa shape index (κ3) is 4.92. The van der Waals surface area contributed by atoms with Gasteiger partial charge >= 0.3 is 5.97 Å². The zero-order chi connectivity index (χ0) is 16.7. The number of aromatic nitrogens is 1. The van der Waals surface area contributed by atoms with Crippen LogP contribution < -0.4 is 10.2 Å². The number of ether oxygens (including phenoxy) is 1. The summed E-state index contributed by atoms with van der Waals surface area (Å²) in [6.45, 7) is 8.41.